The van der Waals surface area contributed by atoms with E-state index >= 15 is 0 Å². The van der Waals surface area contributed by atoms with Crippen LogP contribution in [-0.2, 0) is 5.54 Å². The molecule has 0 fully saturated rings. The Morgan fingerprint density at radius 1 is 0.681 bits per heavy atom. The van der Waals surface area contributed by atoms with Crippen molar-refractivity contribution in [1.82, 2.24) is 9.47 Å². The Labute approximate surface area is 269 Å². The van der Waals surface area contributed by atoms with Crippen molar-refractivity contribution >= 4 is 55.3 Å². The summed E-state index contributed by atoms with van der Waals surface area (Å²) in [5.41, 5.74) is 12.0. The number of hydrogen-bond donors (Lipinski definition) is 0. The van der Waals surface area contributed by atoms with Crippen LogP contribution in [0.15, 0.2) is 132 Å². The molecule has 0 saturated carbocycles. The van der Waals surface area contributed by atoms with Crippen LogP contribution in [0.1, 0.15) is 23.6 Å². The van der Waals surface area contributed by atoms with E-state index in [1.807, 2.05) is 12.1 Å². The van der Waals surface area contributed by atoms with Gasteiger partial charge < -0.3 is 19.0 Å². The molecule has 8 aromatic rings. The minimum absolute atomic E-state index is 0.0776. The van der Waals surface area contributed by atoms with Crippen molar-refractivity contribution in [3.63, 3.8) is 0 Å². The summed E-state index contributed by atoms with van der Waals surface area (Å²) in [6.45, 7) is 2.26. The first kappa shape index (κ1) is 24.3. The smallest absolute Gasteiger partial charge is 0.296 e. The molecule has 6 nitrogen and oxygen atoms in total. The number of fused-ring (bicyclic) bond motifs is 9. The number of furan rings is 1. The van der Waals surface area contributed by atoms with E-state index in [9.17, 15) is 0 Å². The summed E-state index contributed by atoms with van der Waals surface area (Å²) >= 11 is 0. The molecular formula is C41H27N4O2+. The lowest BCUT2D eigenvalue weighted by Crippen LogP contribution is -2.69. The maximum Gasteiger partial charge on any atom is 0.296 e. The fourth-order valence-corrected chi connectivity index (χ4v) is 9.62. The predicted molar refractivity (Wildman–Crippen MR) is 184 cm³/mol. The molecule has 0 aliphatic carbocycles. The Bertz CT molecular complexity index is 2790. The van der Waals surface area contributed by atoms with Gasteiger partial charge in [-0.05, 0) is 73.7 Å². The number of hydrogen-bond acceptors (Lipinski definition) is 4. The third-order valence-electron chi connectivity index (χ3n) is 11.2. The summed E-state index contributed by atoms with van der Waals surface area (Å²) in [6.07, 6.45) is 2.21. The zero-order chi connectivity index (χ0) is 30.8. The van der Waals surface area contributed by atoms with Gasteiger partial charge in [0.2, 0.25) is 5.54 Å². The lowest BCUT2D eigenvalue weighted by molar-refractivity contribution is -0.728. The van der Waals surface area contributed by atoms with Crippen LogP contribution in [0.3, 0.4) is 0 Å². The summed E-state index contributed by atoms with van der Waals surface area (Å²) in [6, 6.07) is 41.3. The Morgan fingerprint density at radius 3 is 2.28 bits per heavy atom. The minimum Gasteiger partial charge on any atom is -0.456 e. The molecular weight excluding hydrogens is 580 g/mol. The van der Waals surface area contributed by atoms with Crippen molar-refractivity contribution in [2.75, 3.05) is 11.9 Å². The second-order valence-electron chi connectivity index (χ2n) is 13.2. The van der Waals surface area contributed by atoms with Gasteiger partial charge in [0.1, 0.15) is 33.9 Å². The second-order valence-corrected chi connectivity index (χ2v) is 13.2. The summed E-state index contributed by atoms with van der Waals surface area (Å²) in [5.74, 6) is 1.83. The van der Waals surface area contributed by atoms with E-state index < -0.39 is 5.54 Å². The van der Waals surface area contributed by atoms with Crippen LogP contribution in [0.4, 0.5) is 5.69 Å². The van der Waals surface area contributed by atoms with Crippen LogP contribution < -0.4 is 14.2 Å². The Morgan fingerprint density at radius 2 is 1.40 bits per heavy atom. The molecule has 7 heterocycles. The lowest BCUT2D eigenvalue weighted by Gasteiger charge is -2.43. The van der Waals surface area contributed by atoms with Crippen LogP contribution in [0, 0.1) is 0 Å². The molecule has 47 heavy (non-hydrogen) atoms. The topological polar surface area (TPSA) is 37.7 Å². The first-order chi connectivity index (χ1) is 23.2. The van der Waals surface area contributed by atoms with E-state index in [0.717, 1.165) is 39.0 Å². The molecule has 0 bridgehead atoms. The number of aromatic nitrogens is 2. The number of pyridine rings is 1. The highest BCUT2D eigenvalue weighted by Crippen LogP contribution is 2.64. The molecule has 5 aromatic carbocycles. The molecule has 0 saturated heterocycles. The molecule has 2 atom stereocenters. The third-order valence-corrected chi connectivity index (χ3v) is 11.2. The Balaban J connectivity index is 1.19. The largest absolute Gasteiger partial charge is 0.456 e. The number of allylic oxidation sites excluding steroid dienone is 1. The van der Waals surface area contributed by atoms with Gasteiger partial charge in [-0.1, -0.05) is 48.5 Å². The van der Waals surface area contributed by atoms with Gasteiger partial charge in [0.25, 0.3) is 5.65 Å². The number of benzene rings is 5. The highest BCUT2D eigenvalue weighted by Gasteiger charge is 2.68. The van der Waals surface area contributed by atoms with E-state index in [4.69, 9.17) is 9.15 Å². The summed E-state index contributed by atoms with van der Waals surface area (Å²) in [4.78, 5) is 5.05. The van der Waals surface area contributed by atoms with Gasteiger partial charge in [0, 0.05) is 34.5 Å². The molecule has 4 aliphatic heterocycles. The SMILES string of the molecule is CC1=C(c2ccc3c(c2)oc2ccccc23)N(C)C2N1c1cccc3c1C21c2c(cccc2-n2c4ccccc4c4ccc[n+]1c42)O3. The fourth-order valence-electron chi connectivity index (χ4n) is 9.62. The maximum absolute atomic E-state index is 6.83. The van der Waals surface area contributed by atoms with Gasteiger partial charge in [-0.3, -0.25) is 0 Å². The van der Waals surface area contributed by atoms with E-state index in [0.29, 0.717) is 0 Å². The van der Waals surface area contributed by atoms with Crippen LogP contribution >= 0.6 is 0 Å². The van der Waals surface area contributed by atoms with E-state index in [1.165, 1.54) is 55.8 Å². The van der Waals surface area contributed by atoms with Crippen molar-refractivity contribution in [3.8, 4) is 17.2 Å². The van der Waals surface area contributed by atoms with Crippen LogP contribution in [0.5, 0.6) is 11.5 Å². The molecule has 4 aliphatic rings. The molecule has 0 N–H and O–H groups in total. The zero-order valence-corrected chi connectivity index (χ0v) is 25.7. The molecule has 0 radical (unpaired) electrons. The summed E-state index contributed by atoms with van der Waals surface area (Å²) < 4.78 is 18.2. The second kappa shape index (κ2) is 7.85. The Hall–Kier alpha value is -6.01. The first-order valence-electron chi connectivity index (χ1n) is 16.2. The van der Waals surface area contributed by atoms with Crippen molar-refractivity contribution < 1.29 is 13.7 Å². The standard InChI is InChI=1S/C41H27N4O2/c1-23-38(24-19-20-27-26-11-4-6-16-32(26)46-35(27)22-24)42(2)40-41-36-30(44(23)40)14-7-17-33(36)47-34-18-8-15-31(37(34)41)45-29-13-5-3-10-25(29)28-12-9-21-43(41)39(28)45/h3-22,40H,1-2H3/q+1. The van der Waals surface area contributed by atoms with Gasteiger partial charge in [-0.2, -0.15) is 4.57 Å². The average molecular weight is 608 g/mol. The van der Waals surface area contributed by atoms with Gasteiger partial charge >= 0.3 is 0 Å². The van der Waals surface area contributed by atoms with E-state index in [1.54, 1.807) is 0 Å². The van der Waals surface area contributed by atoms with Crippen molar-refractivity contribution in [3.05, 3.63) is 144 Å². The molecule has 6 heteroatoms. The third kappa shape index (κ3) is 2.53. The highest BCUT2D eigenvalue weighted by atomic mass is 16.5. The van der Waals surface area contributed by atoms with Crippen molar-refractivity contribution in [1.29, 1.82) is 0 Å². The van der Waals surface area contributed by atoms with E-state index in [2.05, 4.69) is 142 Å². The number of ether oxygens (including phenoxy) is 1. The number of rotatable bonds is 1. The lowest BCUT2D eigenvalue weighted by atomic mass is 9.76. The predicted octanol–water partition coefficient (Wildman–Crippen LogP) is 8.66. The average Bonchev–Trinajstić information content (AvgIpc) is 3.81. The first-order valence-corrected chi connectivity index (χ1v) is 16.2. The van der Waals surface area contributed by atoms with Crippen molar-refractivity contribution in [2.45, 2.75) is 18.6 Å². The highest BCUT2D eigenvalue weighted by molar-refractivity contribution is 6.08. The molecule has 12 rings (SSSR count). The van der Waals surface area contributed by atoms with Crippen LogP contribution in [0.25, 0.3) is 55.3 Å². The van der Waals surface area contributed by atoms with Gasteiger partial charge in [-0.25, -0.2) is 4.57 Å². The van der Waals surface area contributed by atoms with Crippen molar-refractivity contribution in [2.24, 2.45) is 0 Å². The minimum atomic E-state index is -0.582. The Kier molecular flexibility index (Phi) is 4.05. The number of para-hydroxylation sites is 2. The van der Waals surface area contributed by atoms with Gasteiger partial charge in [0.05, 0.1) is 34.1 Å². The normalized spacial score (nSPS) is 20.0. The quantitative estimate of drug-likeness (QED) is 0.175. The molecule has 2 unspecified atom stereocenters. The molecule has 3 aromatic heterocycles. The van der Waals surface area contributed by atoms with E-state index in [-0.39, 0.29) is 6.17 Å². The molecule has 1 spiro atoms. The maximum atomic E-state index is 6.83. The summed E-state index contributed by atoms with van der Waals surface area (Å²) in [5, 5.41) is 4.79. The van der Waals surface area contributed by atoms with Gasteiger partial charge in [0.15, 0.2) is 6.17 Å². The van der Waals surface area contributed by atoms with Gasteiger partial charge in [-0.15, -0.1) is 0 Å². The van der Waals surface area contributed by atoms with Crippen LogP contribution in [0.2, 0.25) is 0 Å². The number of anilines is 1. The monoisotopic (exact) mass is 607 g/mol. The molecule has 222 valence electrons. The van der Waals surface area contributed by atoms with Crippen LogP contribution in [-0.4, -0.2) is 22.7 Å². The molecule has 0 amide bonds. The number of nitrogens with zero attached hydrogens (tertiary/aromatic N) is 4. The number of likely N-dealkylation sites (N-methyl/N-ethyl adjacent to an activating group) is 1. The summed E-state index contributed by atoms with van der Waals surface area (Å²) in [7, 11) is 2.26. The fraction of sp³-hybridized carbons (Fsp3) is 0.0976. The zero-order valence-electron chi connectivity index (χ0n) is 25.7.